The molecule has 28 heavy (non-hydrogen) atoms. The standard InChI is InChI=1S/C17H13ClN4O3S3/c18-15-2-1-14-13(20-15)6-16(27-14)28(24,25)21-12-3-4-22(17(12)23)8-10-5-11(7-19)26-9-10/h1-2,5-6,9,12,21H,3-4,8H2/t12-/m0/s1. The topological polar surface area (TPSA) is 103 Å². The van der Waals surface area contributed by atoms with Gasteiger partial charge in [0.2, 0.25) is 5.91 Å². The molecule has 4 heterocycles. The molecule has 3 aromatic rings. The van der Waals surface area contributed by atoms with Gasteiger partial charge in [-0.2, -0.15) is 9.98 Å². The van der Waals surface area contributed by atoms with Gasteiger partial charge in [0.15, 0.2) is 0 Å². The number of nitriles is 1. The van der Waals surface area contributed by atoms with E-state index in [1.807, 2.05) is 5.38 Å². The SMILES string of the molecule is N#Cc1cc(CN2CC[C@H](NS(=O)(=O)c3cc4nc(Cl)ccc4s3)C2=O)cs1. The number of hydrogen-bond acceptors (Lipinski definition) is 7. The number of aromatic nitrogens is 1. The second-order valence-corrected chi connectivity index (χ2v) is 10.6. The van der Waals surface area contributed by atoms with Gasteiger partial charge < -0.3 is 4.90 Å². The van der Waals surface area contributed by atoms with Gasteiger partial charge in [0, 0.05) is 13.1 Å². The second kappa shape index (κ2) is 7.42. The van der Waals surface area contributed by atoms with Gasteiger partial charge in [0.25, 0.3) is 10.0 Å². The number of fused-ring (bicyclic) bond motifs is 1. The van der Waals surface area contributed by atoms with Crippen LogP contribution in [0.2, 0.25) is 5.15 Å². The molecule has 0 saturated carbocycles. The number of sulfonamides is 1. The van der Waals surface area contributed by atoms with E-state index in [1.54, 1.807) is 23.1 Å². The average molecular weight is 453 g/mol. The van der Waals surface area contributed by atoms with Crippen LogP contribution in [0.15, 0.2) is 33.9 Å². The van der Waals surface area contributed by atoms with Crippen molar-refractivity contribution in [2.75, 3.05) is 6.54 Å². The Balaban J connectivity index is 1.48. The first-order valence-electron chi connectivity index (χ1n) is 8.20. The predicted octanol–water partition coefficient (Wildman–Crippen LogP) is 2.96. The summed E-state index contributed by atoms with van der Waals surface area (Å²) < 4.78 is 28.8. The van der Waals surface area contributed by atoms with Crippen molar-refractivity contribution in [3.05, 3.63) is 45.2 Å². The number of amides is 1. The first kappa shape index (κ1) is 19.3. The van der Waals surface area contributed by atoms with Gasteiger partial charge in [-0.15, -0.1) is 22.7 Å². The van der Waals surface area contributed by atoms with Crippen molar-refractivity contribution in [1.29, 1.82) is 5.26 Å². The Morgan fingerprint density at radius 2 is 2.21 bits per heavy atom. The summed E-state index contributed by atoms with van der Waals surface area (Å²) in [6.07, 6.45) is 0.391. The Morgan fingerprint density at radius 3 is 2.96 bits per heavy atom. The molecule has 1 atom stereocenters. The first-order chi connectivity index (χ1) is 13.4. The number of hydrogen-bond donors (Lipinski definition) is 1. The number of nitrogens with zero attached hydrogens (tertiary/aromatic N) is 3. The minimum Gasteiger partial charge on any atom is -0.337 e. The highest BCUT2D eigenvalue weighted by molar-refractivity contribution is 7.91. The molecule has 3 aromatic heterocycles. The van der Waals surface area contributed by atoms with E-state index in [9.17, 15) is 13.2 Å². The van der Waals surface area contributed by atoms with Crippen molar-refractivity contribution < 1.29 is 13.2 Å². The van der Waals surface area contributed by atoms with Crippen LogP contribution >= 0.6 is 34.3 Å². The summed E-state index contributed by atoms with van der Waals surface area (Å²) in [5.41, 5.74) is 1.37. The Kier molecular flexibility index (Phi) is 5.11. The summed E-state index contributed by atoms with van der Waals surface area (Å²) in [6.45, 7) is 0.813. The van der Waals surface area contributed by atoms with Crippen LogP contribution in [0.5, 0.6) is 0 Å². The molecule has 1 N–H and O–H groups in total. The van der Waals surface area contributed by atoms with E-state index in [0.29, 0.717) is 34.6 Å². The Hall–Kier alpha value is -2.03. The van der Waals surface area contributed by atoms with Gasteiger partial charge in [-0.25, -0.2) is 13.4 Å². The molecule has 1 amide bonds. The third-order valence-electron chi connectivity index (χ3n) is 4.31. The Morgan fingerprint density at radius 1 is 1.39 bits per heavy atom. The van der Waals surface area contributed by atoms with Crippen molar-refractivity contribution in [1.82, 2.24) is 14.6 Å². The lowest BCUT2D eigenvalue weighted by Gasteiger charge is -2.16. The maximum Gasteiger partial charge on any atom is 0.250 e. The normalized spacial score (nSPS) is 17.4. The Bertz CT molecular complexity index is 1210. The van der Waals surface area contributed by atoms with E-state index in [0.717, 1.165) is 16.9 Å². The molecule has 0 aromatic carbocycles. The summed E-state index contributed by atoms with van der Waals surface area (Å²) in [5.74, 6) is -0.268. The van der Waals surface area contributed by atoms with Gasteiger partial charge in [-0.3, -0.25) is 4.79 Å². The fourth-order valence-corrected chi connectivity index (χ4v) is 6.41. The number of halogens is 1. The molecule has 0 spiro atoms. The zero-order valence-corrected chi connectivity index (χ0v) is 17.5. The number of rotatable bonds is 5. The van der Waals surface area contributed by atoms with Gasteiger partial charge in [0.1, 0.15) is 26.4 Å². The third kappa shape index (κ3) is 3.76. The van der Waals surface area contributed by atoms with Crippen LogP contribution in [0, 0.1) is 11.3 Å². The number of carbonyl (C=O) groups is 1. The zero-order valence-electron chi connectivity index (χ0n) is 14.3. The van der Waals surface area contributed by atoms with Crippen LogP contribution in [0.1, 0.15) is 16.9 Å². The maximum absolute atomic E-state index is 12.7. The fraction of sp³-hybridized carbons (Fsp3) is 0.235. The zero-order chi connectivity index (χ0) is 19.9. The van der Waals surface area contributed by atoms with Crippen LogP contribution in [-0.4, -0.2) is 36.8 Å². The molecule has 1 aliphatic rings. The van der Waals surface area contributed by atoms with Gasteiger partial charge >= 0.3 is 0 Å². The quantitative estimate of drug-likeness (QED) is 0.599. The molecule has 7 nitrogen and oxygen atoms in total. The van der Waals surface area contributed by atoms with E-state index in [4.69, 9.17) is 16.9 Å². The molecule has 1 aliphatic heterocycles. The van der Waals surface area contributed by atoms with E-state index in [1.165, 1.54) is 17.4 Å². The predicted molar refractivity (Wildman–Crippen MR) is 108 cm³/mol. The number of nitrogens with one attached hydrogen (secondary N) is 1. The Labute approximate surface area is 174 Å². The first-order valence-corrected chi connectivity index (χ1v) is 11.8. The molecule has 0 radical (unpaired) electrons. The lowest BCUT2D eigenvalue weighted by Crippen LogP contribution is -2.41. The summed E-state index contributed by atoms with van der Waals surface area (Å²) in [7, 11) is -3.85. The molecular formula is C17H13ClN4O3S3. The summed E-state index contributed by atoms with van der Waals surface area (Å²) in [5, 5.41) is 11.0. The molecular weight excluding hydrogens is 440 g/mol. The molecule has 1 fully saturated rings. The minimum atomic E-state index is -3.85. The van der Waals surface area contributed by atoms with Gasteiger partial charge in [-0.05, 0) is 41.6 Å². The minimum absolute atomic E-state index is 0.0972. The lowest BCUT2D eigenvalue weighted by molar-refractivity contribution is -0.129. The third-order valence-corrected chi connectivity index (χ3v) is 8.44. The van der Waals surface area contributed by atoms with Crippen LogP contribution in [0.3, 0.4) is 0 Å². The summed E-state index contributed by atoms with van der Waals surface area (Å²) in [4.78, 5) is 18.9. The number of carbonyl (C=O) groups excluding carboxylic acids is 1. The van der Waals surface area contributed by atoms with Crippen LogP contribution < -0.4 is 4.72 Å². The highest BCUT2D eigenvalue weighted by atomic mass is 35.5. The van der Waals surface area contributed by atoms with Crippen molar-refractivity contribution in [2.24, 2.45) is 0 Å². The fourth-order valence-electron chi connectivity index (χ4n) is 3.00. The molecule has 1 saturated heterocycles. The highest BCUT2D eigenvalue weighted by Gasteiger charge is 2.35. The maximum atomic E-state index is 12.7. The smallest absolute Gasteiger partial charge is 0.250 e. The molecule has 11 heteroatoms. The highest BCUT2D eigenvalue weighted by Crippen LogP contribution is 2.29. The largest absolute Gasteiger partial charge is 0.337 e. The van der Waals surface area contributed by atoms with Crippen LogP contribution in [-0.2, 0) is 21.4 Å². The molecule has 0 unspecified atom stereocenters. The molecule has 4 rings (SSSR count). The van der Waals surface area contributed by atoms with E-state index >= 15 is 0 Å². The van der Waals surface area contributed by atoms with Crippen molar-refractivity contribution in [3.63, 3.8) is 0 Å². The molecule has 144 valence electrons. The van der Waals surface area contributed by atoms with E-state index in [-0.39, 0.29) is 15.3 Å². The number of pyridine rings is 1. The number of thiophene rings is 2. The van der Waals surface area contributed by atoms with Crippen molar-refractivity contribution in [3.8, 4) is 6.07 Å². The van der Waals surface area contributed by atoms with E-state index < -0.39 is 16.1 Å². The van der Waals surface area contributed by atoms with Crippen LogP contribution in [0.4, 0.5) is 0 Å². The molecule has 0 bridgehead atoms. The molecule has 0 aliphatic carbocycles. The monoisotopic (exact) mass is 452 g/mol. The number of likely N-dealkylation sites (tertiary alicyclic amines) is 1. The van der Waals surface area contributed by atoms with Gasteiger partial charge in [-0.1, -0.05) is 11.6 Å². The summed E-state index contributed by atoms with van der Waals surface area (Å²) in [6, 6.07) is 7.78. The van der Waals surface area contributed by atoms with Crippen molar-refractivity contribution in [2.45, 2.75) is 23.2 Å². The second-order valence-electron chi connectivity index (χ2n) is 6.24. The van der Waals surface area contributed by atoms with Crippen LogP contribution in [0.25, 0.3) is 10.2 Å². The van der Waals surface area contributed by atoms with Crippen molar-refractivity contribution >= 4 is 60.4 Å². The lowest BCUT2D eigenvalue weighted by atomic mass is 10.3. The average Bonchev–Trinajstić information content (AvgIpc) is 3.36. The van der Waals surface area contributed by atoms with Gasteiger partial charge in [0.05, 0.1) is 10.2 Å². The summed E-state index contributed by atoms with van der Waals surface area (Å²) >= 11 is 8.25. The van der Waals surface area contributed by atoms with E-state index in [2.05, 4.69) is 15.8 Å².